The first-order chi connectivity index (χ1) is 13.5. The van der Waals surface area contributed by atoms with Crippen LogP contribution in [0.4, 0.5) is 10.8 Å². The van der Waals surface area contributed by atoms with E-state index < -0.39 is 0 Å². The van der Waals surface area contributed by atoms with Crippen LogP contribution in [0.3, 0.4) is 0 Å². The third kappa shape index (κ3) is 4.92. The molecule has 0 bridgehead atoms. The van der Waals surface area contributed by atoms with Crippen molar-refractivity contribution in [1.82, 2.24) is 10.3 Å². The highest BCUT2D eigenvalue weighted by molar-refractivity contribution is 7.14. The molecule has 1 heterocycles. The first kappa shape index (κ1) is 19.5. The van der Waals surface area contributed by atoms with Gasteiger partial charge in [-0.15, -0.1) is 11.3 Å². The van der Waals surface area contributed by atoms with Crippen LogP contribution >= 0.6 is 11.3 Å². The summed E-state index contributed by atoms with van der Waals surface area (Å²) in [5.41, 5.74) is 2.43. The number of carbonyl (C=O) groups is 2. The number of carbonyl (C=O) groups excluding carboxylic acids is 2. The summed E-state index contributed by atoms with van der Waals surface area (Å²) in [5.74, 6) is -0.317. The first-order valence-electron chi connectivity index (χ1n) is 8.89. The smallest absolute Gasteiger partial charge is 0.244 e. The predicted molar refractivity (Wildman–Crippen MR) is 113 cm³/mol. The van der Waals surface area contributed by atoms with Crippen molar-refractivity contribution in [2.75, 3.05) is 4.90 Å². The van der Waals surface area contributed by atoms with Crippen molar-refractivity contribution in [3.8, 4) is 0 Å². The molecule has 0 aliphatic heterocycles. The normalized spacial score (nSPS) is 11.9. The summed E-state index contributed by atoms with van der Waals surface area (Å²) in [6, 6.07) is 19.0. The maximum absolute atomic E-state index is 12.2. The van der Waals surface area contributed by atoms with Gasteiger partial charge < -0.3 is 5.32 Å². The van der Waals surface area contributed by atoms with E-state index in [1.807, 2.05) is 73.0 Å². The molecule has 1 aromatic heterocycles. The average molecular weight is 391 g/mol. The van der Waals surface area contributed by atoms with Crippen molar-refractivity contribution in [2.45, 2.75) is 19.9 Å². The minimum absolute atomic E-state index is 0.0874. The van der Waals surface area contributed by atoms with Gasteiger partial charge in [0.2, 0.25) is 11.8 Å². The molecule has 28 heavy (non-hydrogen) atoms. The van der Waals surface area contributed by atoms with Crippen LogP contribution < -0.4 is 10.2 Å². The summed E-state index contributed by atoms with van der Waals surface area (Å²) in [6.07, 6.45) is 3.11. The molecular weight excluding hydrogens is 370 g/mol. The van der Waals surface area contributed by atoms with Crippen LogP contribution in [0.1, 0.15) is 31.1 Å². The fraction of sp³-hybridized carbons (Fsp3) is 0.136. The summed E-state index contributed by atoms with van der Waals surface area (Å²) in [6.45, 7) is 3.44. The van der Waals surface area contributed by atoms with Gasteiger partial charge in [0.05, 0.1) is 17.4 Å². The summed E-state index contributed by atoms with van der Waals surface area (Å²) in [7, 11) is 0. The SMILES string of the molecule is CC(=O)N(c1ccccc1)c1nc(/C=C/C(=O)N[C@H](C)c2ccccc2)cs1. The van der Waals surface area contributed by atoms with Crippen LogP contribution in [0, 0.1) is 0 Å². The van der Waals surface area contributed by atoms with E-state index in [1.165, 1.54) is 24.3 Å². The zero-order chi connectivity index (χ0) is 19.9. The fourth-order valence-corrected chi connectivity index (χ4v) is 3.56. The number of rotatable bonds is 6. The van der Waals surface area contributed by atoms with Gasteiger partial charge in [-0.2, -0.15) is 0 Å². The Hall–Kier alpha value is -3.25. The number of nitrogens with one attached hydrogen (secondary N) is 1. The van der Waals surface area contributed by atoms with E-state index in [0.717, 1.165) is 11.3 Å². The molecule has 2 aromatic carbocycles. The van der Waals surface area contributed by atoms with E-state index >= 15 is 0 Å². The largest absolute Gasteiger partial charge is 0.346 e. The molecule has 1 atom stereocenters. The lowest BCUT2D eigenvalue weighted by Gasteiger charge is -2.17. The van der Waals surface area contributed by atoms with Gasteiger partial charge in [0.15, 0.2) is 5.13 Å². The molecule has 0 saturated heterocycles. The lowest BCUT2D eigenvalue weighted by molar-refractivity contribution is -0.117. The van der Waals surface area contributed by atoms with Gasteiger partial charge in [-0.05, 0) is 30.7 Å². The molecule has 3 rings (SSSR count). The zero-order valence-electron chi connectivity index (χ0n) is 15.7. The van der Waals surface area contributed by atoms with Gasteiger partial charge in [-0.25, -0.2) is 4.98 Å². The Morgan fingerprint density at radius 1 is 1.07 bits per heavy atom. The Morgan fingerprint density at radius 3 is 2.36 bits per heavy atom. The third-order valence-electron chi connectivity index (χ3n) is 4.09. The lowest BCUT2D eigenvalue weighted by Crippen LogP contribution is -2.24. The molecule has 0 saturated carbocycles. The highest BCUT2D eigenvalue weighted by Crippen LogP contribution is 2.29. The van der Waals surface area contributed by atoms with Crippen LogP contribution in [0.15, 0.2) is 72.1 Å². The molecule has 5 nitrogen and oxygen atoms in total. The van der Waals surface area contributed by atoms with E-state index in [-0.39, 0.29) is 17.9 Å². The van der Waals surface area contributed by atoms with Gasteiger partial charge in [-0.1, -0.05) is 48.5 Å². The number of hydrogen-bond donors (Lipinski definition) is 1. The van der Waals surface area contributed by atoms with E-state index in [9.17, 15) is 9.59 Å². The summed E-state index contributed by atoms with van der Waals surface area (Å²) < 4.78 is 0. The van der Waals surface area contributed by atoms with Crippen LogP contribution in [0.5, 0.6) is 0 Å². The molecule has 2 amide bonds. The second-order valence-electron chi connectivity index (χ2n) is 6.22. The third-order valence-corrected chi connectivity index (χ3v) is 4.94. The molecule has 1 N–H and O–H groups in total. The molecule has 142 valence electrons. The number of anilines is 2. The van der Waals surface area contributed by atoms with Gasteiger partial charge in [0, 0.05) is 18.4 Å². The molecule has 0 fully saturated rings. The monoisotopic (exact) mass is 391 g/mol. The number of aromatic nitrogens is 1. The first-order valence-corrected chi connectivity index (χ1v) is 9.77. The van der Waals surface area contributed by atoms with Crippen LogP contribution in [0.2, 0.25) is 0 Å². The van der Waals surface area contributed by atoms with Crippen LogP contribution in [-0.2, 0) is 9.59 Å². The topological polar surface area (TPSA) is 62.3 Å². The molecule has 0 unspecified atom stereocenters. The summed E-state index contributed by atoms with van der Waals surface area (Å²) >= 11 is 1.35. The molecule has 0 spiro atoms. The molecule has 6 heteroatoms. The number of benzene rings is 2. The number of para-hydroxylation sites is 1. The minimum Gasteiger partial charge on any atom is -0.346 e. The van der Waals surface area contributed by atoms with E-state index in [2.05, 4.69) is 10.3 Å². The molecule has 0 radical (unpaired) electrons. The molecular formula is C22H21N3O2S. The highest BCUT2D eigenvalue weighted by atomic mass is 32.1. The van der Waals surface area contributed by atoms with E-state index in [4.69, 9.17) is 0 Å². The van der Waals surface area contributed by atoms with Crippen LogP contribution in [-0.4, -0.2) is 16.8 Å². The Bertz CT molecular complexity index is 968. The number of amides is 2. The van der Waals surface area contributed by atoms with Crippen molar-refractivity contribution in [1.29, 1.82) is 0 Å². The number of thiazole rings is 1. The molecule has 3 aromatic rings. The Labute approximate surface area is 168 Å². The fourth-order valence-electron chi connectivity index (χ4n) is 2.71. The zero-order valence-corrected chi connectivity index (χ0v) is 16.5. The van der Waals surface area contributed by atoms with Crippen molar-refractivity contribution in [2.24, 2.45) is 0 Å². The van der Waals surface area contributed by atoms with Crippen molar-refractivity contribution in [3.63, 3.8) is 0 Å². The Kier molecular flexibility index (Phi) is 6.34. The number of hydrogen-bond acceptors (Lipinski definition) is 4. The Balaban J connectivity index is 1.68. The van der Waals surface area contributed by atoms with Crippen molar-refractivity contribution >= 4 is 40.0 Å². The molecule has 0 aliphatic rings. The van der Waals surface area contributed by atoms with Crippen molar-refractivity contribution < 1.29 is 9.59 Å². The number of nitrogens with zero attached hydrogens (tertiary/aromatic N) is 2. The Morgan fingerprint density at radius 2 is 1.71 bits per heavy atom. The van der Waals surface area contributed by atoms with Crippen molar-refractivity contribution in [3.05, 3.63) is 83.4 Å². The average Bonchev–Trinajstić information content (AvgIpc) is 3.16. The predicted octanol–water partition coefficient (Wildman–Crippen LogP) is 4.72. The second kappa shape index (κ2) is 9.10. The summed E-state index contributed by atoms with van der Waals surface area (Å²) in [5, 5.41) is 5.31. The van der Waals surface area contributed by atoms with Gasteiger partial charge in [0.1, 0.15) is 0 Å². The van der Waals surface area contributed by atoms with E-state index in [0.29, 0.717) is 10.8 Å². The van der Waals surface area contributed by atoms with Gasteiger partial charge >= 0.3 is 0 Å². The highest BCUT2D eigenvalue weighted by Gasteiger charge is 2.17. The van der Waals surface area contributed by atoms with Gasteiger partial charge in [-0.3, -0.25) is 14.5 Å². The van der Waals surface area contributed by atoms with E-state index in [1.54, 1.807) is 11.0 Å². The minimum atomic E-state index is -0.197. The maximum Gasteiger partial charge on any atom is 0.244 e. The second-order valence-corrected chi connectivity index (χ2v) is 7.06. The lowest BCUT2D eigenvalue weighted by atomic mass is 10.1. The molecule has 0 aliphatic carbocycles. The summed E-state index contributed by atoms with van der Waals surface area (Å²) in [4.78, 5) is 30.3. The standard InChI is InChI=1S/C22H21N3O2S/c1-16(18-9-5-3-6-10-18)23-21(27)14-13-19-15-28-22(24-19)25(17(2)26)20-11-7-4-8-12-20/h3-16H,1-2H3,(H,23,27)/b14-13+/t16-/m1/s1. The quantitative estimate of drug-likeness (QED) is 0.619. The van der Waals surface area contributed by atoms with Crippen LogP contribution in [0.25, 0.3) is 6.08 Å². The van der Waals surface area contributed by atoms with Gasteiger partial charge in [0.25, 0.3) is 0 Å². The maximum atomic E-state index is 12.2.